The summed E-state index contributed by atoms with van der Waals surface area (Å²) in [6.07, 6.45) is -0.428. The van der Waals surface area contributed by atoms with Gasteiger partial charge in [-0.25, -0.2) is 4.79 Å². The van der Waals surface area contributed by atoms with Crippen LogP contribution in [0.3, 0.4) is 0 Å². The van der Waals surface area contributed by atoms with Crippen molar-refractivity contribution < 1.29 is 19.4 Å². The third kappa shape index (κ3) is 3.12. The minimum atomic E-state index is -0.849. The van der Waals surface area contributed by atoms with Crippen molar-refractivity contribution >= 4 is 12.1 Å². The number of rotatable bonds is 1. The summed E-state index contributed by atoms with van der Waals surface area (Å²) in [6.45, 7) is 7.90. The Morgan fingerprint density at radius 2 is 1.88 bits per heavy atom. The largest absolute Gasteiger partial charge is 0.481 e. The number of carboxylic acids is 1. The average Bonchev–Trinajstić information content (AvgIpc) is 2.44. The van der Waals surface area contributed by atoms with Crippen LogP contribution in [0.25, 0.3) is 0 Å². The van der Waals surface area contributed by atoms with E-state index in [0.29, 0.717) is 6.54 Å². The first-order valence-corrected chi connectivity index (χ1v) is 5.41. The van der Waals surface area contributed by atoms with E-state index in [1.54, 1.807) is 20.8 Å². The van der Waals surface area contributed by atoms with Crippen LogP contribution in [0.5, 0.6) is 0 Å². The van der Waals surface area contributed by atoms with Gasteiger partial charge < -0.3 is 14.7 Å². The molecular formula is C11H19NO4. The molecule has 0 saturated carbocycles. The number of carbonyl (C=O) groups excluding carboxylic acids is 1. The Morgan fingerprint density at radius 1 is 1.31 bits per heavy atom. The molecule has 0 aromatic rings. The van der Waals surface area contributed by atoms with Crippen molar-refractivity contribution in [2.45, 2.75) is 33.3 Å². The van der Waals surface area contributed by atoms with Crippen LogP contribution in [0.1, 0.15) is 27.7 Å². The van der Waals surface area contributed by atoms with Gasteiger partial charge >= 0.3 is 12.1 Å². The minimum absolute atomic E-state index is 0.0231. The molecule has 1 heterocycles. The summed E-state index contributed by atoms with van der Waals surface area (Å²) in [4.78, 5) is 24.0. The maximum absolute atomic E-state index is 11.7. The van der Waals surface area contributed by atoms with Gasteiger partial charge in [-0.15, -0.1) is 0 Å². The van der Waals surface area contributed by atoms with Crippen molar-refractivity contribution in [1.82, 2.24) is 4.90 Å². The van der Waals surface area contributed by atoms with E-state index in [4.69, 9.17) is 9.84 Å². The molecule has 1 saturated heterocycles. The summed E-state index contributed by atoms with van der Waals surface area (Å²) in [7, 11) is 0. The van der Waals surface area contributed by atoms with E-state index < -0.39 is 23.6 Å². The molecule has 92 valence electrons. The Labute approximate surface area is 95.4 Å². The number of nitrogens with zero attached hydrogens (tertiary/aromatic N) is 1. The van der Waals surface area contributed by atoms with E-state index in [-0.39, 0.29) is 12.5 Å². The zero-order valence-corrected chi connectivity index (χ0v) is 10.2. The molecule has 1 amide bonds. The number of carboxylic acid groups (broad SMARTS) is 1. The van der Waals surface area contributed by atoms with Gasteiger partial charge in [0, 0.05) is 13.1 Å². The Bertz CT molecular complexity index is 295. The van der Waals surface area contributed by atoms with E-state index in [1.165, 1.54) is 4.90 Å². The summed E-state index contributed by atoms with van der Waals surface area (Å²) in [5.74, 6) is -1.35. The molecule has 16 heavy (non-hydrogen) atoms. The van der Waals surface area contributed by atoms with Gasteiger partial charge in [0.1, 0.15) is 5.60 Å². The molecule has 0 bridgehead atoms. The maximum atomic E-state index is 11.7. The molecule has 1 rings (SSSR count). The standard InChI is InChI=1S/C11H19NO4/c1-7-5-12(6-8(7)9(13)14)10(15)16-11(2,3)4/h7-8H,5-6H2,1-4H3,(H,13,14)/t7-,8+/m1/s1. The van der Waals surface area contributed by atoms with Crippen molar-refractivity contribution in [3.63, 3.8) is 0 Å². The molecule has 2 atom stereocenters. The molecule has 1 fully saturated rings. The topological polar surface area (TPSA) is 66.8 Å². The second-order valence-electron chi connectivity index (χ2n) is 5.31. The number of hydrogen-bond donors (Lipinski definition) is 1. The summed E-state index contributed by atoms with van der Waals surface area (Å²) in [5, 5.41) is 8.94. The molecule has 0 aliphatic carbocycles. The number of aliphatic carboxylic acids is 1. The Kier molecular flexibility index (Phi) is 3.45. The summed E-state index contributed by atoms with van der Waals surface area (Å²) >= 11 is 0. The lowest BCUT2D eigenvalue weighted by atomic mass is 9.99. The van der Waals surface area contributed by atoms with Crippen molar-refractivity contribution in [2.75, 3.05) is 13.1 Å². The summed E-state index contributed by atoms with van der Waals surface area (Å²) < 4.78 is 5.19. The lowest BCUT2D eigenvalue weighted by molar-refractivity contribution is -0.142. The maximum Gasteiger partial charge on any atom is 0.410 e. The lowest BCUT2D eigenvalue weighted by Gasteiger charge is -2.24. The van der Waals surface area contributed by atoms with Crippen LogP contribution in [0.2, 0.25) is 0 Å². The zero-order valence-electron chi connectivity index (χ0n) is 10.2. The van der Waals surface area contributed by atoms with Crippen molar-refractivity contribution in [2.24, 2.45) is 11.8 Å². The highest BCUT2D eigenvalue weighted by Gasteiger charge is 2.38. The Morgan fingerprint density at radius 3 is 2.25 bits per heavy atom. The van der Waals surface area contributed by atoms with E-state index in [2.05, 4.69) is 0 Å². The van der Waals surface area contributed by atoms with Gasteiger partial charge in [-0.3, -0.25) is 4.79 Å². The highest BCUT2D eigenvalue weighted by molar-refractivity contribution is 5.74. The first-order valence-electron chi connectivity index (χ1n) is 5.41. The number of ether oxygens (including phenoxy) is 1. The lowest BCUT2D eigenvalue weighted by Crippen LogP contribution is -2.35. The SMILES string of the molecule is C[C@@H]1CN(C(=O)OC(C)(C)C)C[C@@H]1C(=O)O. The smallest absolute Gasteiger partial charge is 0.410 e. The summed E-state index contributed by atoms with van der Waals surface area (Å²) in [6, 6.07) is 0. The van der Waals surface area contributed by atoms with Gasteiger partial charge in [0.2, 0.25) is 0 Å². The van der Waals surface area contributed by atoms with Crippen LogP contribution >= 0.6 is 0 Å². The fraction of sp³-hybridized carbons (Fsp3) is 0.818. The third-order valence-electron chi connectivity index (χ3n) is 2.58. The Hall–Kier alpha value is -1.26. The van der Waals surface area contributed by atoms with E-state index in [1.807, 2.05) is 6.92 Å². The van der Waals surface area contributed by atoms with Crippen molar-refractivity contribution in [1.29, 1.82) is 0 Å². The van der Waals surface area contributed by atoms with Gasteiger partial charge in [0.15, 0.2) is 0 Å². The molecule has 0 aromatic heterocycles. The molecule has 1 N–H and O–H groups in total. The van der Waals surface area contributed by atoms with E-state index in [9.17, 15) is 9.59 Å². The molecule has 0 aromatic carbocycles. The van der Waals surface area contributed by atoms with Gasteiger partial charge in [-0.2, -0.15) is 0 Å². The number of hydrogen-bond acceptors (Lipinski definition) is 3. The van der Waals surface area contributed by atoms with Crippen LogP contribution in [-0.2, 0) is 9.53 Å². The van der Waals surface area contributed by atoms with Crippen LogP contribution < -0.4 is 0 Å². The van der Waals surface area contributed by atoms with Gasteiger partial charge in [-0.05, 0) is 26.7 Å². The fourth-order valence-electron chi connectivity index (χ4n) is 1.76. The van der Waals surface area contributed by atoms with Gasteiger partial charge in [0.05, 0.1) is 5.92 Å². The first-order chi connectivity index (χ1) is 7.20. The molecule has 1 aliphatic rings. The quantitative estimate of drug-likeness (QED) is 0.741. The van der Waals surface area contributed by atoms with E-state index >= 15 is 0 Å². The van der Waals surface area contributed by atoms with Crippen LogP contribution in [0.15, 0.2) is 0 Å². The number of likely N-dealkylation sites (tertiary alicyclic amines) is 1. The number of carbonyl (C=O) groups is 2. The Balaban J connectivity index is 2.58. The molecule has 5 heteroatoms. The van der Waals surface area contributed by atoms with Gasteiger partial charge in [0.25, 0.3) is 0 Å². The zero-order chi connectivity index (χ0) is 12.5. The summed E-state index contributed by atoms with van der Waals surface area (Å²) in [5.41, 5.74) is -0.540. The van der Waals surface area contributed by atoms with Crippen molar-refractivity contribution in [3.05, 3.63) is 0 Å². The monoisotopic (exact) mass is 229 g/mol. The van der Waals surface area contributed by atoms with Crippen LogP contribution in [-0.4, -0.2) is 40.8 Å². The predicted octanol–water partition coefficient (Wildman–Crippen LogP) is 1.57. The normalized spacial score (nSPS) is 25.6. The molecule has 5 nitrogen and oxygen atoms in total. The highest BCUT2D eigenvalue weighted by Crippen LogP contribution is 2.24. The third-order valence-corrected chi connectivity index (χ3v) is 2.58. The fourth-order valence-corrected chi connectivity index (χ4v) is 1.76. The molecule has 1 aliphatic heterocycles. The van der Waals surface area contributed by atoms with Crippen molar-refractivity contribution in [3.8, 4) is 0 Å². The second kappa shape index (κ2) is 4.31. The van der Waals surface area contributed by atoms with E-state index in [0.717, 1.165) is 0 Å². The second-order valence-corrected chi connectivity index (χ2v) is 5.31. The minimum Gasteiger partial charge on any atom is -0.481 e. The highest BCUT2D eigenvalue weighted by atomic mass is 16.6. The average molecular weight is 229 g/mol. The number of amides is 1. The molecule has 0 radical (unpaired) electrons. The predicted molar refractivity (Wildman–Crippen MR) is 58.1 cm³/mol. The van der Waals surface area contributed by atoms with Crippen LogP contribution in [0, 0.1) is 11.8 Å². The van der Waals surface area contributed by atoms with Crippen LogP contribution in [0.4, 0.5) is 4.79 Å². The molecule has 0 spiro atoms. The van der Waals surface area contributed by atoms with Gasteiger partial charge in [-0.1, -0.05) is 6.92 Å². The first kappa shape index (κ1) is 12.8. The molecular weight excluding hydrogens is 210 g/mol. The molecule has 0 unspecified atom stereocenters.